The Morgan fingerprint density at radius 2 is 1.96 bits per heavy atom. The van der Waals surface area contributed by atoms with Crippen molar-refractivity contribution in [3.05, 3.63) is 35.9 Å². The molecular formula is C19H30N2O2. The number of nitrogens with one attached hydrogen (secondary N) is 1. The van der Waals surface area contributed by atoms with Crippen LogP contribution in [0.3, 0.4) is 0 Å². The lowest BCUT2D eigenvalue weighted by Crippen LogP contribution is -2.41. The van der Waals surface area contributed by atoms with E-state index in [-0.39, 0.29) is 6.09 Å². The summed E-state index contributed by atoms with van der Waals surface area (Å²) in [7, 11) is 0. The second kappa shape index (κ2) is 9.56. The van der Waals surface area contributed by atoms with Crippen molar-refractivity contribution in [3.8, 4) is 0 Å². The van der Waals surface area contributed by atoms with E-state index < -0.39 is 0 Å². The highest BCUT2D eigenvalue weighted by Crippen LogP contribution is 2.17. The standard InChI is InChI=1S/C19H30N2O2/c1-16(2)8-11-20-14-17-9-12-21(13-10-17)19(22)23-15-18-6-4-3-5-7-18/h3-7,16-17,20H,8-15H2,1-2H3. The predicted octanol–water partition coefficient (Wildman–Crippen LogP) is 3.67. The number of hydrogen-bond donors (Lipinski definition) is 1. The number of rotatable bonds is 7. The Morgan fingerprint density at radius 3 is 2.61 bits per heavy atom. The summed E-state index contributed by atoms with van der Waals surface area (Å²) in [5.41, 5.74) is 1.03. The molecule has 0 unspecified atom stereocenters. The minimum absolute atomic E-state index is 0.180. The Kier molecular flexibility index (Phi) is 7.40. The smallest absolute Gasteiger partial charge is 0.410 e. The number of likely N-dealkylation sites (tertiary alicyclic amines) is 1. The van der Waals surface area contributed by atoms with Crippen LogP contribution < -0.4 is 5.32 Å². The molecule has 1 N–H and O–H groups in total. The molecule has 1 aliphatic heterocycles. The zero-order valence-electron chi connectivity index (χ0n) is 14.5. The summed E-state index contributed by atoms with van der Waals surface area (Å²) in [5.74, 6) is 1.43. The summed E-state index contributed by atoms with van der Waals surface area (Å²) in [6, 6.07) is 9.83. The fourth-order valence-corrected chi connectivity index (χ4v) is 2.83. The van der Waals surface area contributed by atoms with Crippen LogP contribution in [0, 0.1) is 11.8 Å². The normalized spacial score (nSPS) is 15.9. The quantitative estimate of drug-likeness (QED) is 0.780. The zero-order valence-corrected chi connectivity index (χ0v) is 14.5. The summed E-state index contributed by atoms with van der Waals surface area (Å²) < 4.78 is 5.40. The van der Waals surface area contributed by atoms with E-state index in [9.17, 15) is 4.79 Å². The van der Waals surface area contributed by atoms with Crippen LogP contribution in [-0.4, -0.2) is 37.2 Å². The molecule has 1 amide bonds. The first-order valence-corrected chi connectivity index (χ1v) is 8.81. The number of piperidine rings is 1. The molecule has 4 nitrogen and oxygen atoms in total. The Morgan fingerprint density at radius 1 is 1.26 bits per heavy atom. The third-order valence-electron chi connectivity index (χ3n) is 4.41. The SMILES string of the molecule is CC(C)CCNCC1CCN(C(=O)OCc2ccccc2)CC1. The second-order valence-electron chi connectivity index (χ2n) is 6.86. The Hall–Kier alpha value is -1.55. The van der Waals surface area contributed by atoms with Crippen LogP contribution >= 0.6 is 0 Å². The fourth-order valence-electron chi connectivity index (χ4n) is 2.83. The van der Waals surface area contributed by atoms with Gasteiger partial charge in [0.25, 0.3) is 0 Å². The van der Waals surface area contributed by atoms with Gasteiger partial charge in [-0.1, -0.05) is 44.2 Å². The number of nitrogens with zero attached hydrogens (tertiary/aromatic N) is 1. The van der Waals surface area contributed by atoms with Crippen LogP contribution in [0.4, 0.5) is 4.79 Å². The maximum atomic E-state index is 12.1. The highest BCUT2D eigenvalue weighted by Gasteiger charge is 2.23. The van der Waals surface area contributed by atoms with Gasteiger partial charge in [0.2, 0.25) is 0 Å². The van der Waals surface area contributed by atoms with E-state index in [0.717, 1.165) is 50.5 Å². The topological polar surface area (TPSA) is 41.6 Å². The van der Waals surface area contributed by atoms with Crippen LogP contribution in [0.25, 0.3) is 0 Å². The lowest BCUT2D eigenvalue weighted by molar-refractivity contribution is 0.0822. The molecule has 2 rings (SSSR count). The molecule has 0 aromatic heterocycles. The van der Waals surface area contributed by atoms with Gasteiger partial charge in [-0.3, -0.25) is 0 Å². The number of hydrogen-bond acceptors (Lipinski definition) is 3. The first-order chi connectivity index (χ1) is 11.1. The van der Waals surface area contributed by atoms with Crippen LogP contribution in [0.1, 0.15) is 38.7 Å². The van der Waals surface area contributed by atoms with Crippen molar-refractivity contribution in [2.75, 3.05) is 26.2 Å². The molecule has 0 bridgehead atoms. The Bertz CT molecular complexity index is 454. The lowest BCUT2D eigenvalue weighted by Gasteiger charge is -2.31. The van der Waals surface area contributed by atoms with E-state index in [2.05, 4.69) is 19.2 Å². The molecule has 1 fully saturated rings. The van der Waals surface area contributed by atoms with Crippen molar-refractivity contribution in [3.63, 3.8) is 0 Å². The van der Waals surface area contributed by atoms with Gasteiger partial charge >= 0.3 is 6.09 Å². The average Bonchev–Trinajstić information content (AvgIpc) is 2.58. The molecule has 0 saturated carbocycles. The van der Waals surface area contributed by atoms with Crippen LogP contribution in [0.2, 0.25) is 0 Å². The van der Waals surface area contributed by atoms with E-state index >= 15 is 0 Å². The Labute approximate surface area is 140 Å². The molecule has 23 heavy (non-hydrogen) atoms. The molecule has 1 heterocycles. The van der Waals surface area contributed by atoms with E-state index in [0.29, 0.717) is 12.5 Å². The highest BCUT2D eigenvalue weighted by atomic mass is 16.6. The highest BCUT2D eigenvalue weighted by molar-refractivity contribution is 5.67. The molecule has 1 aromatic rings. The molecule has 1 aromatic carbocycles. The molecule has 1 saturated heterocycles. The van der Waals surface area contributed by atoms with Crippen molar-refractivity contribution in [2.24, 2.45) is 11.8 Å². The van der Waals surface area contributed by atoms with E-state index in [4.69, 9.17) is 4.74 Å². The average molecular weight is 318 g/mol. The van der Waals surface area contributed by atoms with E-state index in [1.165, 1.54) is 6.42 Å². The maximum Gasteiger partial charge on any atom is 0.410 e. The minimum atomic E-state index is -0.180. The van der Waals surface area contributed by atoms with Gasteiger partial charge in [-0.05, 0) is 49.8 Å². The third kappa shape index (κ3) is 6.61. The van der Waals surface area contributed by atoms with Crippen molar-refractivity contribution in [1.82, 2.24) is 10.2 Å². The summed E-state index contributed by atoms with van der Waals surface area (Å²) in [6.45, 7) is 8.64. The van der Waals surface area contributed by atoms with E-state index in [1.807, 2.05) is 35.2 Å². The molecule has 0 atom stereocenters. The van der Waals surface area contributed by atoms with Gasteiger partial charge in [0.15, 0.2) is 0 Å². The van der Waals surface area contributed by atoms with Crippen molar-refractivity contribution < 1.29 is 9.53 Å². The van der Waals surface area contributed by atoms with Gasteiger partial charge in [-0.2, -0.15) is 0 Å². The van der Waals surface area contributed by atoms with Gasteiger partial charge in [0, 0.05) is 13.1 Å². The largest absolute Gasteiger partial charge is 0.445 e. The fraction of sp³-hybridized carbons (Fsp3) is 0.632. The second-order valence-corrected chi connectivity index (χ2v) is 6.86. The van der Waals surface area contributed by atoms with Gasteiger partial charge in [-0.15, -0.1) is 0 Å². The minimum Gasteiger partial charge on any atom is -0.445 e. The molecule has 4 heteroatoms. The summed E-state index contributed by atoms with van der Waals surface area (Å²) >= 11 is 0. The summed E-state index contributed by atoms with van der Waals surface area (Å²) in [4.78, 5) is 13.9. The summed E-state index contributed by atoms with van der Waals surface area (Å²) in [6.07, 6.45) is 3.18. The molecular weight excluding hydrogens is 288 g/mol. The Balaban J connectivity index is 1.61. The number of carbonyl (C=O) groups excluding carboxylic acids is 1. The number of ether oxygens (including phenoxy) is 1. The van der Waals surface area contributed by atoms with E-state index in [1.54, 1.807) is 0 Å². The van der Waals surface area contributed by atoms with Crippen LogP contribution in [0.5, 0.6) is 0 Å². The first-order valence-electron chi connectivity index (χ1n) is 8.81. The number of benzene rings is 1. The molecule has 0 radical (unpaired) electrons. The predicted molar refractivity (Wildman–Crippen MR) is 93.2 cm³/mol. The maximum absolute atomic E-state index is 12.1. The zero-order chi connectivity index (χ0) is 16.5. The van der Waals surface area contributed by atoms with Crippen LogP contribution in [-0.2, 0) is 11.3 Å². The van der Waals surface area contributed by atoms with Gasteiger partial charge in [0.05, 0.1) is 0 Å². The number of amides is 1. The van der Waals surface area contributed by atoms with Gasteiger partial charge in [-0.25, -0.2) is 4.79 Å². The van der Waals surface area contributed by atoms with Crippen molar-refractivity contribution >= 4 is 6.09 Å². The van der Waals surface area contributed by atoms with Crippen molar-refractivity contribution in [2.45, 2.75) is 39.7 Å². The first kappa shape index (κ1) is 17.8. The monoisotopic (exact) mass is 318 g/mol. The van der Waals surface area contributed by atoms with Crippen LogP contribution in [0.15, 0.2) is 30.3 Å². The molecule has 0 aliphatic carbocycles. The van der Waals surface area contributed by atoms with Gasteiger partial charge < -0.3 is 15.0 Å². The molecule has 0 spiro atoms. The number of carbonyl (C=O) groups is 1. The molecule has 1 aliphatic rings. The molecule has 128 valence electrons. The third-order valence-corrected chi connectivity index (χ3v) is 4.41. The van der Waals surface area contributed by atoms with Crippen molar-refractivity contribution in [1.29, 1.82) is 0 Å². The lowest BCUT2D eigenvalue weighted by atomic mass is 9.97. The van der Waals surface area contributed by atoms with Gasteiger partial charge in [0.1, 0.15) is 6.61 Å². The summed E-state index contributed by atoms with van der Waals surface area (Å²) in [5, 5.41) is 3.54.